The van der Waals surface area contributed by atoms with Crippen LogP contribution in [0.3, 0.4) is 0 Å². The third kappa shape index (κ3) is 4.83. The minimum atomic E-state index is -2.87. The Kier molecular flexibility index (Phi) is 5.48. The van der Waals surface area contributed by atoms with Crippen molar-refractivity contribution in [2.75, 3.05) is 5.32 Å². The van der Waals surface area contributed by atoms with Gasteiger partial charge in [0.15, 0.2) is 5.82 Å². The zero-order valence-corrected chi connectivity index (χ0v) is 13.6. The summed E-state index contributed by atoms with van der Waals surface area (Å²) in [5, 5.41) is 2.70. The van der Waals surface area contributed by atoms with Gasteiger partial charge in [0.25, 0.3) is 0 Å². The third-order valence-corrected chi connectivity index (χ3v) is 3.48. The summed E-state index contributed by atoms with van der Waals surface area (Å²) in [5.74, 6) is 0.357. The molecule has 0 aliphatic rings. The molecule has 0 atom stereocenters. The number of halogens is 2. The van der Waals surface area contributed by atoms with Gasteiger partial charge in [-0.15, -0.1) is 0 Å². The molecule has 1 aromatic heterocycles. The Labute approximate surface area is 148 Å². The van der Waals surface area contributed by atoms with Crippen LogP contribution in [0.15, 0.2) is 67.0 Å². The minimum absolute atomic E-state index is 0.0501. The number of ether oxygens (including phenoxy) is 1. The lowest BCUT2D eigenvalue weighted by atomic mass is 10.1. The number of rotatable bonds is 6. The van der Waals surface area contributed by atoms with Crippen molar-refractivity contribution in [3.8, 4) is 17.1 Å². The summed E-state index contributed by atoms with van der Waals surface area (Å²) in [7, 11) is 0. The Morgan fingerprint density at radius 2 is 1.65 bits per heavy atom. The van der Waals surface area contributed by atoms with Gasteiger partial charge in [-0.25, -0.2) is 9.97 Å². The quantitative estimate of drug-likeness (QED) is 0.728. The molecule has 0 radical (unpaired) electrons. The average Bonchev–Trinajstić information content (AvgIpc) is 2.64. The van der Waals surface area contributed by atoms with Gasteiger partial charge < -0.3 is 10.1 Å². The molecule has 0 fully saturated rings. The van der Waals surface area contributed by atoms with Crippen LogP contribution in [-0.4, -0.2) is 22.5 Å². The Morgan fingerprint density at radius 3 is 2.27 bits per heavy atom. The molecule has 0 bridgehead atoms. The van der Waals surface area contributed by atoms with Crippen molar-refractivity contribution < 1.29 is 18.3 Å². The first-order valence-corrected chi connectivity index (χ1v) is 7.81. The number of aromatic nitrogens is 2. The van der Waals surface area contributed by atoms with Crippen molar-refractivity contribution in [1.82, 2.24) is 9.97 Å². The van der Waals surface area contributed by atoms with Crippen LogP contribution in [0.2, 0.25) is 0 Å². The second kappa shape index (κ2) is 8.15. The van der Waals surface area contributed by atoms with Crippen LogP contribution < -0.4 is 10.1 Å². The van der Waals surface area contributed by atoms with Gasteiger partial charge in [-0.1, -0.05) is 42.5 Å². The fraction of sp³-hybridized carbons (Fsp3) is 0.105. The van der Waals surface area contributed by atoms with Crippen LogP contribution in [0.1, 0.15) is 5.56 Å². The molecular formula is C19H15F2N3O2. The van der Waals surface area contributed by atoms with Gasteiger partial charge in [0.05, 0.1) is 24.5 Å². The summed E-state index contributed by atoms with van der Waals surface area (Å²) < 4.78 is 28.5. The third-order valence-electron chi connectivity index (χ3n) is 3.48. The van der Waals surface area contributed by atoms with Crippen molar-refractivity contribution in [3.63, 3.8) is 0 Å². The zero-order valence-electron chi connectivity index (χ0n) is 13.6. The van der Waals surface area contributed by atoms with Crippen LogP contribution in [0, 0.1) is 0 Å². The highest BCUT2D eigenvalue weighted by atomic mass is 19.3. The maximum Gasteiger partial charge on any atom is 0.387 e. The van der Waals surface area contributed by atoms with E-state index in [0.29, 0.717) is 17.1 Å². The molecule has 0 saturated heterocycles. The smallest absolute Gasteiger partial charge is 0.387 e. The van der Waals surface area contributed by atoms with Crippen LogP contribution in [0.5, 0.6) is 5.75 Å². The Balaban J connectivity index is 1.58. The molecule has 0 spiro atoms. The van der Waals surface area contributed by atoms with Gasteiger partial charge >= 0.3 is 6.61 Å². The number of carbonyl (C=O) groups is 1. The summed E-state index contributed by atoms with van der Waals surface area (Å²) in [6.45, 7) is -2.87. The van der Waals surface area contributed by atoms with Crippen LogP contribution >= 0.6 is 0 Å². The minimum Gasteiger partial charge on any atom is -0.435 e. The van der Waals surface area contributed by atoms with Gasteiger partial charge in [0.1, 0.15) is 5.75 Å². The highest BCUT2D eigenvalue weighted by molar-refractivity contribution is 5.92. The molecule has 0 saturated carbocycles. The maximum atomic E-state index is 12.1. The molecule has 7 heteroatoms. The predicted octanol–water partition coefficient (Wildman–Crippen LogP) is 3.93. The molecule has 26 heavy (non-hydrogen) atoms. The summed E-state index contributed by atoms with van der Waals surface area (Å²) >= 11 is 0. The Hall–Kier alpha value is -3.35. The van der Waals surface area contributed by atoms with Gasteiger partial charge in [0.2, 0.25) is 5.91 Å². The molecule has 0 unspecified atom stereocenters. The zero-order chi connectivity index (χ0) is 18.4. The lowest BCUT2D eigenvalue weighted by molar-refractivity contribution is -0.115. The maximum absolute atomic E-state index is 12.1. The van der Waals surface area contributed by atoms with E-state index < -0.39 is 6.61 Å². The number of carbonyl (C=O) groups excluding carboxylic acids is 1. The molecule has 3 aromatic rings. The molecule has 2 aromatic carbocycles. The average molecular weight is 355 g/mol. The number of nitrogens with zero attached hydrogens (tertiary/aromatic N) is 2. The van der Waals surface area contributed by atoms with E-state index in [1.54, 1.807) is 12.1 Å². The highest BCUT2D eigenvalue weighted by Crippen LogP contribution is 2.17. The van der Waals surface area contributed by atoms with Crippen molar-refractivity contribution >= 4 is 11.6 Å². The SMILES string of the molecule is O=C(Cc1ccc(OC(F)F)cc1)Nc1cnc(-c2ccccc2)nc1. The lowest BCUT2D eigenvalue weighted by Crippen LogP contribution is -2.14. The molecular weight excluding hydrogens is 340 g/mol. The summed E-state index contributed by atoms with van der Waals surface area (Å²) in [4.78, 5) is 20.6. The van der Waals surface area contributed by atoms with E-state index in [9.17, 15) is 13.6 Å². The van der Waals surface area contributed by atoms with Crippen molar-refractivity contribution in [3.05, 3.63) is 72.6 Å². The van der Waals surface area contributed by atoms with Crippen LogP contribution in [0.25, 0.3) is 11.4 Å². The van der Waals surface area contributed by atoms with Gasteiger partial charge in [-0.3, -0.25) is 4.79 Å². The number of amides is 1. The predicted molar refractivity (Wildman–Crippen MR) is 92.9 cm³/mol. The van der Waals surface area contributed by atoms with Gasteiger partial charge in [-0.2, -0.15) is 8.78 Å². The highest BCUT2D eigenvalue weighted by Gasteiger charge is 2.08. The molecule has 0 aliphatic carbocycles. The second-order valence-electron chi connectivity index (χ2n) is 5.41. The Bertz CT molecular complexity index is 854. The van der Waals surface area contributed by atoms with E-state index in [4.69, 9.17) is 0 Å². The van der Waals surface area contributed by atoms with E-state index in [1.165, 1.54) is 24.5 Å². The number of hydrogen-bond donors (Lipinski definition) is 1. The van der Waals surface area contributed by atoms with E-state index in [0.717, 1.165) is 5.56 Å². The molecule has 1 amide bonds. The molecule has 132 valence electrons. The normalized spacial score (nSPS) is 10.6. The molecule has 1 heterocycles. The summed E-state index contributed by atoms with van der Waals surface area (Å²) in [5.41, 5.74) is 2.04. The van der Waals surface area contributed by atoms with Crippen molar-refractivity contribution in [2.24, 2.45) is 0 Å². The fourth-order valence-corrected chi connectivity index (χ4v) is 2.31. The van der Waals surface area contributed by atoms with Gasteiger partial charge in [-0.05, 0) is 17.7 Å². The van der Waals surface area contributed by atoms with E-state index in [-0.39, 0.29) is 18.1 Å². The second-order valence-corrected chi connectivity index (χ2v) is 5.41. The molecule has 3 rings (SSSR count). The van der Waals surface area contributed by atoms with Crippen molar-refractivity contribution in [2.45, 2.75) is 13.0 Å². The topological polar surface area (TPSA) is 64.1 Å². The Morgan fingerprint density at radius 1 is 1.00 bits per heavy atom. The summed E-state index contributed by atoms with van der Waals surface area (Å²) in [6.07, 6.45) is 3.16. The number of nitrogens with one attached hydrogen (secondary N) is 1. The molecule has 0 aliphatic heterocycles. The van der Waals surface area contributed by atoms with Crippen LogP contribution in [-0.2, 0) is 11.2 Å². The number of anilines is 1. The first-order chi connectivity index (χ1) is 12.6. The van der Waals surface area contributed by atoms with Crippen LogP contribution in [0.4, 0.5) is 14.5 Å². The molecule has 1 N–H and O–H groups in total. The first kappa shape index (κ1) is 17.5. The number of hydrogen-bond acceptors (Lipinski definition) is 4. The first-order valence-electron chi connectivity index (χ1n) is 7.81. The van der Waals surface area contributed by atoms with E-state index in [1.807, 2.05) is 30.3 Å². The standard InChI is InChI=1S/C19H15F2N3O2/c20-19(21)26-16-8-6-13(7-9-16)10-17(25)24-15-11-22-18(23-12-15)14-4-2-1-3-5-14/h1-9,11-12,19H,10H2,(H,24,25). The molecule has 5 nitrogen and oxygen atoms in total. The lowest BCUT2D eigenvalue weighted by Gasteiger charge is -2.07. The van der Waals surface area contributed by atoms with E-state index >= 15 is 0 Å². The van der Waals surface area contributed by atoms with Gasteiger partial charge in [0, 0.05) is 5.56 Å². The number of alkyl halides is 2. The van der Waals surface area contributed by atoms with E-state index in [2.05, 4.69) is 20.0 Å². The number of benzene rings is 2. The monoisotopic (exact) mass is 355 g/mol. The van der Waals surface area contributed by atoms with Crippen molar-refractivity contribution in [1.29, 1.82) is 0 Å². The fourth-order valence-electron chi connectivity index (χ4n) is 2.31. The largest absolute Gasteiger partial charge is 0.435 e. The summed E-state index contributed by atoms with van der Waals surface area (Å²) in [6, 6.07) is 15.4.